The number of fused-ring (bicyclic) bond motifs is 1. The predicted octanol–water partition coefficient (Wildman–Crippen LogP) is 3.42. The van der Waals surface area contributed by atoms with Gasteiger partial charge in [0.05, 0.1) is 0 Å². The fourth-order valence-electron chi connectivity index (χ4n) is 2.43. The fraction of sp³-hybridized carbons (Fsp3) is 0.375. The second-order valence-corrected chi connectivity index (χ2v) is 5.49. The molecule has 1 aromatic carbocycles. The Morgan fingerprint density at radius 2 is 1.44 bits per heavy atom. The quantitative estimate of drug-likeness (QED) is 0.569. The molecule has 2 rings (SSSR count). The van der Waals surface area contributed by atoms with Crippen LogP contribution < -0.4 is 10.7 Å². The van der Waals surface area contributed by atoms with Crippen LogP contribution in [0.5, 0.6) is 0 Å². The van der Waals surface area contributed by atoms with Gasteiger partial charge in [-0.1, -0.05) is 66.2 Å². The van der Waals surface area contributed by atoms with Crippen molar-refractivity contribution in [2.75, 3.05) is 5.33 Å². The molecule has 2 heteroatoms. The minimum absolute atomic E-state index is 1.04. The summed E-state index contributed by atoms with van der Waals surface area (Å²) in [5.41, 5.74) is 0. The summed E-state index contributed by atoms with van der Waals surface area (Å²) < 4.78 is 2.26. The Morgan fingerprint density at radius 3 is 2.00 bits per heavy atom. The van der Waals surface area contributed by atoms with Gasteiger partial charge in [0.1, 0.15) is 0 Å². The van der Waals surface area contributed by atoms with Crippen LogP contribution in [0.1, 0.15) is 25.7 Å². The standard InChI is InChI=1S/C16H20BrN/c1-13-15-9-5-6-10-16(15)14(2)18(13)12-8-4-3-7-11-17/h5-6,9-10H,1-4,7-8,11-12H2. The highest BCUT2D eigenvalue weighted by molar-refractivity contribution is 9.09. The van der Waals surface area contributed by atoms with Crippen molar-refractivity contribution in [3.05, 3.63) is 35.0 Å². The molecule has 0 amide bonds. The highest BCUT2D eigenvalue weighted by Gasteiger charge is 2.03. The fourth-order valence-corrected chi connectivity index (χ4v) is 2.82. The molecule has 0 aliphatic rings. The summed E-state index contributed by atoms with van der Waals surface area (Å²) in [6, 6.07) is 8.40. The molecule has 1 heterocycles. The first-order valence-electron chi connectivity index (χ1n) is 6.57. The van der Waals surface area contributed by atoms with Gasteiger partial charge in [-0.05, 0) is 12.8 Å². The number of nitrogens with zero attached hydrogens (tertiary/aromatic N) is 1. The summed E-state index contributed by atoms with van der Waals surface area (Å²) in [7, 11) is 0. The van der Waals surface area contributed by atoms with E-state index in [2.05, 4.69) is 57.9 Å². The number of aromatic nitrogens is 1. The number of alkyl halides is 1. The summed E-state index contributed by atoms with van der Waals surface area (Å²) in [6.45, 7) is 9.44. The zero-order valence-corrected chi connectivity index (χ0v) is 12.4. The van der Waals surface area contributed by atoms with E-state index in [-0.39, 0.29) is 0 Å². The van der Waals surface area contributed by atoms with Crippen LogP contribution in [-0.2, 0) is 6.54 Å². The average molecular weight is 306 g/mol. The van der Waals surface area contributed by atoms with Crippen LogP contribution in [0, 0.1) is 0 Å². The topological polar surface area (TPSA) is 4.93 Å². The molecule has 18 heavy (non-hydrogen) atoms. The Labute approximate surface area is 117 Å². The van der Waals surface area contributed by atoms with Crippen LogP contribution in [0.25, 0.3) is 23.9 Å². The van der Waals surface area contributed by atoms with E-state index in [1.165, 1.54) is 36.5 Å². The monoisotopic (exact) mass is 305 g/mol. The summed E-state index contributed by atoms with van der Waals surface area (Å²) in [6.07, 6.45) is 5.05. The lowest BCUT2D eigenvalue weighted by Crippen LogP contribution is -2.25. The van der Waals surface area contributed by atoms with Gasteiger partial charge in [-0.25, -0.2) is 0 Å². The third-order valence-electron chi connectivity index (χ3n) is 3.47. The van der Waals surface area contributed by atoms with Gasteiger partial charge >= 0.3 is 0 Å². The molecule has 0 radical (unpaired) electrons. The SMILES string of the molecule is C=c1c2ccccc2c(=C)n1CCCCCCBr. The molecule has 2 aromatic rings. The molecule has 0 aliphatic carbocycles. The van der Waals surface area contributed by atoms with Crippen LogP contribution in [0.3, 0.4) is 0 Å². The van der Waals surface area contributed by atoms with Crippen molar-refractivity contribution in [3.63, 3.8) is 0 Å². The largest absolute Gasteiger partial charge is 0.341 e. The van der Waals surface area contributed by atoms with E-state index in [1.807, 2.05) is 0 Å². The minimum Gasteiger partial charge on any atom is -0.341 e. The maximum atomic E-state index is 4.20. The van der Waals surface area contributed by atoms with Crippen LogP contribution in [0.4, 0.5) is 0 Å². The Balaban J connectivity index is 2.14. The van der Waals surface area contributed by atoms with Crippen molar-refractivity contribution in [2.24, 2.45) is 0 Å². The van der Waals surface area contributed by atoms with Gasteiger partial charge in [0.2, 0.25) is 0 Å². The lowest BCUT2D eigenvalue weighted by molar-refractivity contribution is 0.573. The molecular formula is C16H20BrN. The maximum Gasteiger partial charge on any atom is 0.0418 e. The molecule has 0 atom stereocenters. The first kappa shape index (κ1) is 13.4. The molecule has 0 spiro atoms. The van der Waals surface area contributed by atoms with Crippen LogP contribution in [0.15, 0.2) is 24.3 Å². The van der Waals surface area contributed by atoms with Crippen molar-refractivity contribution in [1.29, 1.82) is 0 Å². The summed E-state index contributed by atoms with van der Waals surface area (Å²) in [5, 5.41) is 5.81. The molecule has 0 aliphatic heterocycles. The number of hydrogen-bond donors (Lipinski definition) is 0. The summed E-state index contributed by atoms with van der Waals surface area (Å²) >= 11 is 3.47. The Hall–Kier alpha value is -1.02. The van der Waals surface area contributed by atoms with E-state index >= 15 is 0 Å². The highest BCUT2D eigenvalue weighted by Crippen LogP contribution is 2.06. The van der Waals surface area contributed by atoms with E-state index in [0.29, 0.717) is 0 Å². The van der Waals surface area contributed by atoms with Crippen molar-refractivity contribution >= 4 is 39.9 Å². The van der Waals surface area contributed by atoms with E-state index in [1.54, 1.807) is 0 Å². The van der Waals surface area contributed by atoms with Gasteiger partial charge in [0.15, 0.2) is 0 Å². The second-order valence-electron chi connectivity index (χ2n) is 4.69. The molecule has 0 saturated heterocycles. The molecular weight excluding hydrogens is 286 g/mol. The van der Waals surface area contributed by atoms with Crippen LogP contribution >= 0.6 is 15.9 Å². The smallest absolute Gasteiger partial charge is 0.0418 e. The van der Waals surface area contributed by atoms with Gasteiger partial charge in [-0.2, -0.15) is 0 Å². The second kappa shape index (κ2) is 6.24. The zero-order valence-electron chi connectivity index (χ0n) is 10.8. The van der Waals surface area contributed by atoms with Crippen LogP contribution in [-0.4, -0.2) is 9.90 Å². The van der Waals surface area contributed by atoms with E-state index in [0.717, 1.165) is 22.6 Å². The molecule has 0 unspecified atom stereocenters. The zero-order chi connectivity index (χ0) is 13.0. The minimum atomic E-state index is 1.04. The normalized spacial score (nSPS) is 11.2. The number of rotatable bonds is 6. The Morgan fingerprint density at radius 1 is 0.889 bits per heavy atom. The molecule has 0 saturated carbocycles. The number of benzene rings is 1. The molecule has 1 nitrogen and oxygen atoms in total. The molecule has 0 fully saturated rings. The third-order valence-corrected chi connectivity index (χ3v) is 4.03. The van der Waals surface area contributed by atoms with Gasteiger partial charge in [-0.15, -0.1) is 0 Å². The number of hydrogen-bond acceptors (Lipinski definition) is 0. The first-order chi connectivity index (χ1) is 8.75. The number of halogens is 1. The van der Waals surface area contributed by atoms with Gasteiger partial charge in [-0.3, -0.25) is 0 Å². The average Bonchev–Trinajstić information content (AvgIpc) is 2.64. The van der Waals surface area contributed by atoms with Gasteiger partial charge in [0, 0.05) is 33.3 Å². The summed E-state index contributed by atoms with van der Waals surface area (Å²) in [4.78, 5) is 0. The third kappa shape index (κ3) is 2.69. The summed E-state index contributed by atoms with van der Waals surface area (Å²) in [5.74, 6) is 0. The first-order valence-corrected chi connectivity index (χ1v) is 7.69. The Kier molecular flexibility index (Phi) is 4.65. The van der Waals surface area contributed by atoms with Crippen molar-refractivity contribution in [2.45, 2.75) is 32.2 Å². The van der Waals surface area contributed by atoms with Gasteiger partial charge in [0.25, 0.3) is 0 Å². The van der Waals surface area contributed by atoms with Crippen molar-refractivity contribution in [1.82, 2.24) is 4.57 Å². The predicted molar refractivity (Wildman–Crippen MR) is 84.5 cm³/mol. The van der Waals surface area contributed by atoms with Crippen molar-refractivity contribution < 1.29 is 0 Å². The van der Waals surface area contributed by atoms with Crippen molar-refractivity contribution in [3.8, 4) is 0 Å². The Bertz CT molecular complexity index is 565. The lowest BCUT2D eigenvalue weighted by Gasteiger charge is -2.04. The van der Waals surface area contributed by atoms with Gasteiger partial charge < -0.3 is 4.57 Å². The van der Waals surface area contributed by atoms with E-state index in [4.69, 9.17) is 0 Å². The molecule has 1 aromatic heterocycles. The molecule has 0 N–H and O–H groups in total. The highest BCUT2D eigenvalue weighted by atomic mass is 79.9. The molecule has 96 valence electrons. The van der Waals surface area contributed by atoms with E-state index < -0.39 is 0 Å². The molecule has 0 bridgehead atoms. The van der Waals surface area contributed by atoms with Crippen LogP contribution in [0.2, 0.25) is 0 Å². The maximum absolute atomic E-state index is 4.20. The lowest BCUT2D eigenvalue weighted by atomic mass is 10.2. The van der Waals surface area contributed by atoms with E-state index in [9.17, 15) is 0 Å². The number of unbranched alkanes of at least 4 members (excludes halogenated alkanes) is 3.